The van der Waals surface area contributed by atoms with Gasteiger partial charge in [0.15, 0.2) is 12.2 Å². The molecule has 4 aromatic rings. The van der Waals surface area contributed by atoms with Gasteiger partial charge in [0.1, 0.15) is 17.0 Å². The molecule has 158 valence electrons. The number of oxazole rings is 1. The highest BCUT2D eigenvalue weighted by Gasteiger charge is 2.15. The molecule has 0 saturated carbocycles. The molecule has 0 N–H and O–H groups in total. The van der Waals surface area contributed by atoms with Crippen molar-refractivity contribution in [2.24, 2.45) is 0 Å². The van der Waals surface area contributed by atoms with Gasteiger partial charge in [-0.15, -0.1) is 11.8 Å². The van der Waals surface area contributed by atoms with E-state index in [-0.39, 0.29) is 18.3 Å². The van der Waals surface area contributed by atoms with E-state index in [1.54, 1.807) is 43.1 Å². The van der Waals surface area contributed by atoms with Crippen molar-refractivity contribution < 1.29 is 18.7 Å². The van der Waals surface area contributed by atoms with Crippen LogP contribution in [0.25, 0.3) is 11.1 Å². The number of carbonyl (C=O) groups excluding carboxylic acids is 1. The van der Waals surface area contributed by atoms with Gasteiger partial charge in [-0.1, -0.05) is 29.3 Å². The summed E-state index contributed by atoms with van der Waals surface area (Å²) in [6, 6.07) is 18.3. The fourth-order valence-corrected chi connectivity index (χ4v) is 3.95. The van der Waals surface area contributed by atoms with E-state index in [4.69, 9.17) is 37.1 Å². The second-order valence-electron chi connectivity index (χ2n) is 6.57. The van der Waals surface area contributed by atoms with Crippen molar-refractivity contribution in [2.75, 3.05) is 13.7 Å². The standard InChI is InChI=1S/C23H17Cl2NO4S/c1-28-16-5-9-20-22(11-16)30-23(26-20)21(27)12-29-15-3-6-17(7-4-15)31-13-14-2-8-18(24)19(25)10-14/h2-11H,12-13H2,1H3. The van der Waals surface area contributed by atoms with Gasteiger partial charge in [-0.3, -0.25) is 4.79 Å². The maximum atomic E-state index is 12.4. The number of Topliss-reactive ketones (excluding diaryl/α,β-unsaturated/α-hetero) is 1. The number of thioether (sulfide) groups is 1. The number of hydrogen-bond donors (Lipinski definition) is 0. The summed E-state index contributed by atoms with van der Waals surface area (Å²) in [5.74, 6) is 1.66. The quantitative estimate of drug-likeness (QED) is 0.209. The Morgan fingerprint density at radius 3 is 2.52 bits per heavy atom. The zero-order chi connectivity index (χ0) is 21.8. The number of methoxy groups -OCH3 is 1. The number of rotatable bonds is 8. The van der Waals surface area contributed by atoms with Crippen molar-refractivity contribution in [1.82, 2.24) is 4.98 Å². The summed E-state index contributed by atoms with van der Waals surface area (Å²) in [4.78, 5) is 17.7. The number of benzene rings is 3. The van der Waals surface area contributed by atoms with Gasteiger partial charge in [-0.2, -0.15) is 0 Å². The first-order chi connectivity index (χ1) is 15.0. The van der Waals surface area contributed by atoms with Gasteiger partial charge >= 0.3 is 0 Å². The SMILES string of the molecule is COc1ccc2nc(C(=O)COc3ccc(SCc4ccc(Cl)c(Cl)c4)cc3)oc2c1. The van der Waals surface area contributed by atoms with Gasteiger partial charge in [-0.05, 0) is 54.1 Å². The minimum absolute atomic E-state index is 0.0112. The minimum atomic E-state index is -0.340. The molecule has 5 nitrogen and oxygen atoms in total. The second kappa shape index (κ2) is 9.64. The smallest absolute Gasteiger partial charge is 0.268 e. The average Bonchev–Trinajstić information content (AvgIpc) is 3.22. The van der Waals surface area contributed by atoms with Crippen molar-refractivity contribution in [1.29, 1.82) is 0 Å². The van der Waals surface area contributed by atoms with Gasteiger partial charge < -0.3 is 13.9 Å². The molecule has 8 heteroatoms. The van der Waals surface area contributed by atoms with Crippen molar-refractivity contribution in [2.45, 2.75) is 10.6 Å². The Labute approximate surface area is 193 Å². The summed E-state index contributed by atoms with van der Waals surface area (Å²) in [5, 5.41) is 1.09. The molecule has 0 aliphatic rings. The van der Waals surface area contributed by atoms with E-state index >= 15 is 0 Å². The highest BCUT2D eigenvalue weighted by Crippen LogP contribution is 2.29. The van der Waals surface area contributed by atoms with Crippen LogP contribution in [-0.2, 0) is 5.75 Å². The number of carbonyl (C=O) groups is 1. The largest absolute Gasteiger partial charge is 0.497 e. The lowest BCUT2D eigenvalue weighted by Crippen LogP contribution is -2.11. The van der Waals surface area contributed by atoms with Crippen LogP contribution in [0.4, 0.5) is 0 Å². The predicted octanol–water partition coefficient (Wildman–Crippen LogP) is 6.70. The number of hydrogen-bond acceptors (Lipinski definition) is 6. The van der Waals surface area contributed by atoms with Gasteiger partial charge in [0.25, 0.3) is 11.7 Å². The molecule has 4 rings (SSSR count). The number of halogens is 2. The second-order valence-corrected chi connectivity index (χ2v) is 8.44. The Morgan fingerprint density at radius 1 is 1.00 bits per heavy atom. The third kappa shape index (κ3) is 5.34. The van der Waals surface area contributed by atoms with Crippen LogP contribution in [0.15, 0.2) is 70.0 Å². The Morgan fingerprint density at radius 2 is 1.77 bits per heavy atom. The summed E-state index contributed by atoms with van der Waals surface area (Å²) in [5.41, 5.74) is 2.17. The summed E-state index contributed by atoms with van der Waals surface area (Å²) in [6.45, 7) is -0.167. The van der Waals surface area contributed by atoms with E-state index in [0.717, 1.165) is 16.2 Å². The molecule has 0 atom stereocenters. The van der Waals surface area contributed by atoms with E-state index in [1.807, 2.05) is 36.4 Å². The van der Waals surface area contributed by atoms with E-state index in [0.29, 0.717) is 32.6 Å². The van der Waals surface area contributed by atoms with Crippen molar-refractivity contribution in [3.8, 4) is 11.5 Å². The van der Waals surface area contributed by atoms with Crippen molar-refractivity contribution in [3.05, 3.63) is 82.2 Å². The third-order valence-electron chi connectivity index (χ3n) is 4.42. The number of aromatic nitrogens is 1. The van der Waals surface area contributed by atoms with Crippen LogP contribution in [0.1, 0.15) is 16.2 Å². The van der Waals surface area contributed by atoms with E-state index < -0.39 is 0 Å². The van der Waals surface area contributed by atoms with E-state index in [1.165, 1.54) is 0 Å². The van der Waals surface area contributed by atoms with Crippen LogP contribution in [0.5, 0.6) is 11.5 Å². The molecule has 0 spiro atoms. The van der Waals surface area contributed by atoms with Gasteiger partial charge in [0.2, 0.25) is 0 Å². The lowest BCUT2D eigenvalue weighted by atomic mass is 10.2. The Kier molecular flexibility index (Phi) is 6.70. The van der Waals surface area contributed by atoms with E-state index in [2.05, 4.69) is 4.98 Å². The van der Waals surface area contributed by atoms with E-state index in [9.17, 15) is 4.79 Å². The topological polar surface area (TPSA) is 61.6 Å². The molecule has 0 aliphatic heterocycles. The molecule has 3 aromatic carbocycles. The fourth-order valence-electron chi connectivity index (χ4n) is 2.79. The predicted molar refractivity (Wildman–Crippen MR) is 123 cm³/mol. The van der Waals surface area contributed by atoms with Crippen LogP contribution in [-0.4, -0.2) is 24.5 Å². The summed E-state index contributed by atoms with van der Waals surface area (Å²) < 4.78 is 16.3. The third-order valence-corrected chi connectivity index (χ3v) is 6.24. The highest BCUT2D eigenvalue weighted by molar-refractivity contribution is 7.98. The Bertz CT molecular complexity index is 1220. The molecule has 0 aliphatic carbocycles. The first-order valence-corrected chi connectivity index (χ1v) is 11.0. The first kappa shape index (κ1) is 21.6. The molecule has 31 heavy (non-hydrogen) atoms. The van der Waals surface area contributed by atoms with Crippen molar-refractivity contribution >= 4 is 51.8 Å². The number of nitrogens with zero attached hydrogens (tertiary/aromatic N) is 1. The molecular formula is C23H17Cl2NO4S. The van der Waals surface area contributed by atoms with Crippen molar-refractivity contribution in [3.63, 3.8) is 0 Å². The molecule has 1 heterocycles. The maximum absolute atomic E-state index is 12.4. The van der Waals surface area contributed by atoms with Crippen LogP contribution >= 0.6 is 35.0 Å². The number of ether oxygens (including phenoxy) is 2. The lowest BCUT2D eigenvalue weighted by Gasteiger charge is -2.06. The van der Waals surface area contributed by atoms with Crippen LogP contribution in [0.3, 0.4) is 0 Å². The number of ketones is 1. The molecule has 0 bridgehead atoms. The average molecular weight is 474 g/mol. The first-order valence-electron chi connectivity index (χ1n) is 9.29. The maximum Gasteiger partial charge on any atom is 0.268 e. The van der Waals surface area contributed by atoms with Crippen LogP contribution < -0.4 is 9.47 Å². The highest BCUT2D eigenvalue weighted by atomic mass is 35.5. The Balaban J connectivity index is 1.32. The lowest BCUT2D eigenvalue weighted by molar-refractivity contribution is 0.0889. The zero-order valence-electron chi connectivity index (χ0n) is 16.4. The molecule has 0 amide bonds. The molecule has 0 fully saturated rings. The minimum Gasteiger partial charge on any atom is -0.497 e. The van der Waals surface area contributed by atoms with Crippen LogP contribution in [0, 0.1) is 0 Å². The molecule has 0 saturated heterocycles. The monoisotopic (exact) mass is 473 g/mol. The number of fused-ring (bicyclic) bond motifs is 1. The van der Waals surface area contributed by atoms with Gasteiger partial charge in [-0.25, -0.2) is 4.98 Å². The molecule has 0 unspecified atom stereocenters. The Hall–Kier alpha value is -2.67. The summed E-state index contributed by atoms with van der Waals surface area (Å²) in [7, 11) is 1.56. The summed E-state index contributed by atoms with van der Waals surface area (Å²) >= 11 is 13.7. The molecule has 1 aromatic heterocycles. The fraction of sp³-hybridized carbons (Fsp3) is 0.130. The van der Waals surface area contributed by atoms with Crippen LogP contribution in [0.2, 0.25) is 10.0 Å². The normalized spacial score (nSPS) is 10.9. The zero-order valence-corrected chi connectivity index (χ0v) is 18.8. The van der Waals surface area contributed by atoms with Gasteiger partial charge in [0, 0.05) is 16.7 Å². The molecule has 0 radical (unpaired) electrons. The summed E-state index contributed by atoms with van der Waals surface area (Å²) in [6.07, 6.45) is 0. The van der Waals surface area contributed by atoms with Gasteiger partial charge in [0.05, 0.1) is 17.2 Å². The molecular weight excluding hydrogens is 457 g/mol.